The lowest BCUT2D eigenvalue weighted by molar-refractivity contribution is 0.267. The number of fused-ring (bicyclic) bond motifs is 11. The van der Waals surface area contributed by atoms with Gasteiger partial charge in [0.1, 0.15) is 23.7 Å². The van der Waals surface area contributed by atoms with E-state index in [9.17, 15) is 0 Å². The largest absolute Gasteiger partial charge is 0.485 e. The molecule has 0 aromatic heterocycles. The standard InChI is InChI=1S/C55H45NO2/c1-55(2)47-19-10-8-16-40(47)41-30-28-38(32-48(41)55)56(49-20-12-22-51-53(49)44-18-9-11-21-50(44)57-51)37-26-23-35(24-27-37)45-33-46-42-29-25-36(34-13-4-3-5-14-34)31-52(42)58-54(46)43-17-7-6-15-39(43)45/h3-6,8-16,18-26,28-33,37,42,44,50,52H,7,17,27H2,1-2H3. The Balaban J connectivity index is 0.934. The molecule has 12 rings (SSSR count). The summed E-state index contributed by atoms with van der Waals surface area (Å²) in [5.41, 5.74) is 18.1. The van der Waals surface area contributed by atoms with E-state index in [0.717, 1.165) is 30.8 Å². The second kappa shape index (κ2) is 12.8. The molecule has 5 aromatic rings. The van der Waals surface area contributed by atoms with Gasteiger partial charge in [-0.15, -0.1) is 0 Å². The Morgan fingerprint density at radius 1 is 0.672 bits per heavy atom. The van der Waals surface area contributed by atoms with Crippen molar-refractivity contribution >= 4 is 28.6 Å². The lowest BCUT2D eigenvalue weighted by atomic mass is 9.81. The molecule has 5 unspecified atom stereocenters. The third-order valence-electron chi connectivity index (χ3n) is 13.7. The summed E-state index contributed by atoms with van der Waals surface area (Å²) in [7, 11) is 0. The average Bonchev–Trinajstić information content (AvgIpc) is 3.92. The van der Waals surface area contributed by atoms with Crippen molar-refractivity contribution in [3.63, 3.8) is 0 Å². The fourth-order valence-electron chi connectivity index (χ4n) is 10.9. The molecule has 0 spiro atoms. The fourth-order valence-corrected chi connectivity index (χ4v) is 10.9. The first-order chi connectivity index (χ1) is 28.5. The quantitative estimate of drug-likeness (QED) is 0.178. The van der Waals surface area contributed by atoms with Gasteiger partial charge in [-0.3, -0.25) is 0 Å². The van der Waals surface area contributed by atoms with Crippen LogP contribution >= 0.6 is 0 Å². The molecule has 0 saturated heterocycles. The fraction of sp³-hybridized carbons (Fsp3) is 0.200. The summed E-state index contributed by atoms with van der Waals surface area (Å²) < 4.78 is 13.5. The van der Waals surface area contributed by atoms with E-state index in [1.54, 1.807) is 0 Å². The Kier molecular flexibility index (Phi) is 7.48. The van der Waals surface area contributed by atoms with Gasteiger partial charge in [-0.2, -0.15) is 0 Å². The van der Waals surface area contributed by atoms with Crippen LogP contribution in [0.15, 0.2) is 164 Å². The van der Waals surface area contributed by atoms with Gasteiger partial charge in [-0.05, 0) is 112 Å². The molecular weight excluding hydrogens is 707 g/mol. The summed E-state index contributed by atoms with van der Waals surface area (Å²) in [6.07, 6.45) is 30.7. The highest BCUT2D eigenvalue weighted by Gasteiger charge is 2.40. The first-order valence-electron chi connectivity index (χ1n) is 21.1. The van der Waals surface area contributed by atoms with Gasteiger partial charge in [0, 0.05) is 45.3 Å². The van der Waals surface area contributed by atoms with Gasteiger partial charge in [0.25, 0.3) is 0 Å². The molecule has 5 atom stereocenters. The van der Waals surface area contributed by atoms with Crippen LogP contribution in [0.3, 0.4) is 0 Å². The Morgan fingerprint density at radius 3 is 2.41 bits per heavy atom. The normalized spacial score (nSPS) is 24.3. The van der Waals surface area contributed by atoms with Crippen molar-refractivity contribution in [2.75, 3.05) is 4.90 Å². The van der Waals surface area contributed by atoms with Gasteiger partial charge < -0.3 is 14.4 Å². The number of rotatable bonds is 5. The van der Waals surface area contributed by atoms with Crippen LogP contribution in [0.1, 0.15) is 83.0 Å². The monoisotopic (exact) mass is 751 g/mol. The van der Waals surface area contributed by atoms with E-state index in [1.807, 2.05) is 0 Å². The van der Waals surface area contributed by atoms with Gasteiger partial charge in [-0.25, -0.2) is 0 Å². The molecule has 2 heterocycles. The second-order valence-electron chi connectivity index (χ2n) is 17.3. The van der Waals surface area contributed by atoms with Crippen LogP contribution < -0.4 is 14.4 Å². The predicted octanol–water partition coefficient (Wildman–Crippen LogP) is 13.0. The van der Waals surface area contributed by atoms with Gasteiger partial charge in [0.15, 0.2) is 0 Å². The molecule has 0 N–H and O–H groups in total. The molecule has 0 bridgehead atoms. The SMILES string of the molecule is CC1(C)c2ccccc2-c2ccc(N(c3cccc4c3C3C=CC=CC3O4)C3C=CC(c4cc5c(c6c4C=CCC6)OC4C=C(c6ccccc6)C=CC54)=CC3)cc21. The van der Waals surface area contributed by atoms with Crippen LogP contribution in [0.2, 0.25) is 0 Å². The number of benzene rings is 5. The lowest BCUT2D eigenvalue weighted by Gasteiger charge is -2.36. The van der Waals surface area contributed by atoms with Gasteiger partial charge >= 0.3 is 0 Å². The molecule has 0 radical (unpaired) electrons. The third-order valence-corrected chi connectivity index (χ3v) is 13.7. The summed E-state index contributed by atoms with van der Waals surface area (Å²) in [5, 5.41) is 0. The zero-order valence-electron chi connectivity index (χ0n) is 32.9. The summed E-state index contributed by atoms with van der Waals surface area (Å²) in [4.78, 5) is 2.60. The number of anilines is 2. The highest BCUT2D eigenvalue weighted by Crippen LogP contribution is 2.54. The lowest BCUT2D eigenvalue weighted by Crippen LogP contribution is -2.31. The predicted molar refractivity (Wildman–Crippen MR) is 238 cm³/mol. The minimum absolute atomic E-state index is 0.00467. The minimum atomic E-state index is -0.0951. The maximum Gasteiger partial charge on any atom is 0.128 e. The van der Waals surface area contributed by atoms with Crippen LogP contribution in [0.5, 0.6) is 11.5 Å². The third kappa shape index (κ3) is 5.05. The first-order valence-corrected chi connectivity index (χ1v) is 21.1. The van der Waals surface area contributed by atoms with Crippen LogP contribution in [0, 0.1) is 0 Å². The Morgan fingerprint density at radius 2 is 1.52 bits per heavy atom. The minimum Gasteiger partial charge on any atom is -0.485 e. The second-order valence-corrected chi connectivity index (χ2v) is 17.3. The van der Waals surface area contributed by atoms with Gasteiger partial charge in [-0.1, -0.05) is 141 Å². The zero-order chi connectivity index (χ0) is 38.5. The molecule has 7 aliphatic rings. The molecule has 0 fully saturated rings. The van der Waals surface area contributed by atoms with Crippen molar-refractivity contribution in [2.24, 2.45) is 0 Å². The van der Waals surface area contributed by atoms with E-state index in [4.69, 9.17) is 9.47 Å². The van der Waals surface area contributed by atoms with E-state index in [1.165, 1.54) is 78.2 Å². The summed E-state index contributed by atoms with van der Waals surface area (Å²) >= 11 is 0. The number of allylic oxidation sites excluding steroid dienone is 7. The molecule has 282 valence electrons. The van der Waals surface area contributed by atoms with E-state index in [2.05, 4.69) is 189 Å². The molecule has 0 amide bonds. The van der Waals surface area contributed by atoms with Gasteiger partial charge in [0.05, 0.1) is 6.04 Å². The Bertz CT molecular complexity index is 2770. The van der Waals surface area contributed by atoms with E-state index >= 15 is 0 Å². The van der Waals surface area contributed by atoms with Crippen LogP contribution in [-0.2, 0) is 11.8 Å². The molecule has 5 aliphatic carbocycles. The first kappa shape index (κ1) is 33.8. The maximum absolute atomic E-state index is 6.87. The van der Waals surface area contributed by atoms with Crippen molar-refractivity contribution in [1.29, 1.82) is 0 Å². The number of hydrogen-bond donors (Lipinski definition) is 0. The number of nitrogens with zero attached hydrogens (tertiary/aromatic N) is 1. The molecule has 58 heavy (non-hydrogen) atoms. The summed E-state index contributed by atoms with van der Waals surface area (Å²) in [6, 6.07) is 36.0. The van der Waals surface area contributed by atoms with Crippen molar-refractivity contribution < 1.29 is 9.47 Å². The van der Waals surface area contributed by atoms with Crippen LogP contribution in [0.4, 0.5) is 11.4 Å². The molecule has 2 aliphatic heterocycles. The molecule has 5 aromatic carbocycles. The summed E-state index contributed by atoms with van der Waals surface area (Å²) in [5.74, 6) is 2.47. The van der Waals surface area contributed by atoms with Crippen molar-refractivity contribution in [3.8, 4) is 22.6 Å². The van der Waals surface area contributed by atoms with E-state index < -0.39 is 0 Å². The molecule has 3 heteroatoms. The van der Waals surface area contributed by atoms with Crippen LogP contribution in [0.25, 0.3) is 28.3 Å². The number of hydrogen-bond acceptors (Lipinski definition) is 3. The van der Waals surface area contributed by atoms with Gasteiger partial charge in [0.2, 0.25) is 0 Å². The molecular formula is C55H45NO2. The van der Waals surface area contributed by atoms with Crippen molar-refractivity contribution in [3.05, 3.63) is 208 Å². The number of ether oxygens (including phenoxy) is 2. The highest BCUT2D eigenvalue weighted by atomic mass is 16.5. The zero-order valence-corrected chi connectivity index (χ0v) is 32.9. The Hall–Kier alpha value is -6.32. The topological polar surface area (TPSA) is 21.7 Å². The maximum atomic E-state index is 6.87. The smallest absolute Gasteiger partial charge is 0.128 e. The Labute approximate surface area is 341 Å². The highest BCUT2D eigenvalue weighted by molar-refractivity contribution is 5.88. The summed E-state index contributed by atoms with van der Waals surface area (Å²) in [6.45, 7) is 4.75. The average molecular weight is 752 g/mol. The molecule has 3 nitrogen and oxygen atoms in total. The van der Waals surface area contributed by atoms with Crippen molar-refractivity contribution in [1.82, 2.24) is 0 Å². The van der Waals surface area contributed by atoms with E-state index in [0.29, 0.717) is 0 Å². The van der Waals surface area contributed by atoms with Crippen molar-refractivity contribution in [2.45, 2.75) is 68.6 Å². The van der Waals surface area contributed by atoms with Crippen LogP contribution in [-0.4, -0.2) is 18.2 Å². The molecule has 0 saturated carbocycles. The van der Waals surface area contributed by atoms with E-state index in [-0.39, 0.29) is 35.5 Å².